The van der Waals surface area contributed by atoms with Gasteiger partial charge in [0, 0.05) is 32.7 Å². The molecule has 2 saturated heterocycles. The van der Waals surface area contributed by atoms with Gasteiger partial charge in [0.1, 0.15) is 11.9 Å². The zero-order chi connectivity index (χ0) is 16.4. The molecule has 1 N–H and O–H groups in total. The fourth-order valence-corrected chi connectivity index (χ4v) is 3.92. The van der Waals surface area contributed by atoms with Gasteiger partial charge in [-0.1, -0.05) is 11.6 Å². The van der Waals surface area contributed by atoms with Crippen LogP contribution in [0.4, 0.5) is 5.82 Å². The van der Waals surface area contributed by atoms with E-state index in [-0.39, 0.29) is 6.10 Å². The van der Waals surface area contributed by atoms with Crippen molar-refractivity contribution in [3.05, 3.63) is 22.3 Å². The molecule has 0 radical (unpaired) electrons. The van der Waals surface area contributed by atoms with Crippen molar-refractivity contribution in [3.8, 4) is 6.07 Å². The number of aryl methyl sites for hydroxylation is 1. The van der Waals surface area contributed by atoms with Crippen LogP contribution in [0.2, 0.25) is 5.02 Å². The van der Waals surface area contributed by atoms with Crippen LogP contribution in [0, 0.1) is 24.2 Å². The number of likely N-dealkylation sites (tertiary alicyclic amines) is 1. The van der Waals surface area contributed by atoms with Crippen LogP contribution in [0.15, 0.2) is 6.07 Å². The van der Waals surface area contributed by atoms with E-state index < -0.39 is 0 Å². The lowest BCUT2D eigenvalue weighted by Crippen LogP contribution is -2.41. The average molecular weight is 335 g/mol. The van der Waals surface area contributed by atoms with Crippen LogP contribution in [0.5, 0.6) is 0 Å². The predicted octanol–water partition coefficient (Wildman–Crippen LogP) is 2.20. The van der Waals surface area contributed by atoms with Crippen molar-refractivity contribution in [2.45, 2.75) is 32.3 Å². The third-order valence-electron chi connectivity index (χ3n) is 4.85. The molecule has 0 bridgehead atoms. The lowest BCUT2D eigenvalue weighted by Gasteiger charge is -2.36. The van der Waals surface area contributed by atoms with Crippen molar-refractivity contribution in [1.82, 2.24) is 9.88 Å². The number of hydrogen-bond acceptors (Lipinski definition) is 5. The number of aliphatic hydroxyl groups excluding tert-OH is 1. The highest BCUT2D eigenvalue weighted by Crippen LogP contribution is 2.30. The number of piperidine rings is 1. The number of hydrogen-bond donors (Lipinski definition) is 1. The molecule has 3 heterocycles. The van der Waals surface area contributed by atoms with Crippen molar-refractivity contribution in [3.63, 3.8) is 0 Å². The molecular weight excluding hydrogens is 312 g/mol. The molecule has 0 amide bonds. The average Bonchev–Trinajstić information content (AvgIpc) is 2.94. The zero-order valence-electron chi connectivity index (χ0n) is 13.5. The highest BCUT2D eigenvalue weighted by Gasteiger charge is 2.27. The van der Waals surface area contributed by atoms with Crippen molar-refractivity contribution >= 4 is 17.4 Å². The second-order valence-electron chi connectivity index (χ2n) is 6.69. The second kappa shape index (κ2) is 7.04. The van der Waals surface area contributed by atoms with E-state index in [1.54, 1.807) is 6.07 Å². The molecule has 1 aromatic rings. The molecule has 23 heavy (non-hydrogen) atoms. The van der Waals surface area contributed by atoms with Crippen LogP contribution in [0.25, 0.3) is 0 Å². The number of aliphatic hydroxyl groups is 1. The fraction of sp³-hybridized carbons (Fsp3) is 0.647. The number of aromatic nitrogens is 1. The van der Waals surface area contributed by atoms with Gasteiger partial charge in [0.15, 0.2) is 0 Å². The summed E-state index contributed by atoms with van der Waals surface area (Å²) in [5.41, 5.74) is 1.27. The van der Waals surface area contributed by atoms with Crippen LogP contribution in [0.1, 0.15) is 30.5 Å². The molecule has 0 spiro atoms. The minimum Gasteiger partial charge on any atom is -0.392 e. The summed E-state index contributed by atoms with van der Waals surface area (Å²) in [6.07, 6.45) is 3.05. The number of halogens is 1. The van der Waals surface area contributed by atoms with Crippen molar-refractivity contribution < 1.29 is 5.11 Å². The fourth-order valence-electron chi connectivity index (χ4n) is 3.65. The lowest BCUT2D eigenvalue weighted by atomic mass is 9.97. The Morgan fingerprint density at radius 1 is 1.39 bits per heavy atom. The summed E-state index contributed by atoms with van der Waals surface area (Å²) >= 11 is 6.35. The smallest absolute Gasteiger partial charge is 0.147 e. The zero-order valence-corrected chi connectivity index (χ0v) is 14.3. The maximum absolute atomic E-state index is 9.67. The standard InChI is InChI=1S/C17H23ClN4O/c1-12-14(8-19)7-16(18)17(20-12)22-5-2-3-13(10-22)9-21-6-4-15(23)11-21/h7,13,15,23H,2-6,9-11H2,1H3/t13-,15+/m1/s1. The van der Waals surface area contributed by atoms with Gasteiger partial charge in [0.25, 0.3) is 0 Å². The molecule has 124 valence electrons. The molecule has 0 unspecified atom stereocenters. The molecule has 3 rings (SSSR count). The first-order chi connectivity index (χ1) is 11.1. The molecule has 6 heteroatoms. The Kier molecular flexibility index (Phi) is 5.05. The van der Waals surface area contributed by atoms with Gasteiger partial charge >= 0.3 is 0 Å². The highest BCUT2D eigenvalue weighted by atomic mass is 35.5. The first kappa shape index (κ1) is 16.5. The maximum atomic E-state index is 9.67. The number of rotatable bonds is 3. The Morgan fingerprint density at radius 2 is 2.22 bits per heavy atom. The number of pyridine rings is 1. The Bertz CT molecular complexity index is 615. The molecule has 0 saturated carbocycles. The molecular formula is C17H23ClN4O. The van der Waals surface area contributed by atoms with Gasteiger partial charge in [-0.2, -0.15) is 5.26 Å². The van der Waals surface area contributed by atoms with Gasteiger partial charge in [0.05, 0.1) is 22.4 Å². The van der Waals surface area contributed by atoms with Crippen LogP contribution in [-0.4, -0.2) is 53.8 Å². The topological polar surface area (TPSA) is 63.4 Å². The van der Waals surface area contributed by atoms with E-state index in [1.165, 1.54) is 6.42 Å². The Hall–Kier alpha value is -1.35. The Balaban J connectivity index is 1.69. The number of anilines is 1. The largest absolute Gasteiger partial charge is 0.392 e. The summed E-state index contributed by atoms with van der Waals surface area (Å²) < 4.78 is 0. The Morgan fingerprint density at radius 3 is 2.91 bits per heavy atom. The van der Waals surface area contributed by atoms with Crippen molar-refractivity contribution in [1.29, 1.82) is 5.26 Å². The quantitative estimate of drug-likeness (QED) is 0.918. The SMILES string of the molecule is Cc1nc(N2CCC[C@H](CN3CC[C@H](O)C3)C2)c(Cl)cc1C#N. The minimum absolute atomic E-state index is 0.160. The van der Waals surface area contributed by atoms with E-state index in [4.69, 9.17) is 16.9 Å². The molecule has 2 fully saturated rings. The highest BCUT2D eigenvalue weighted by molar-refractivity contribution is 6.33. The molecule has 2 atom stereocenters. The summed E-state index contributed by atoms with van der Waals surface area (Å²) in [5.74, 6) is 1.37. The molecule has 1 aromatic heterocycles. The molecule has 0 aromatic carbocycles. The minimum atomic E-state index is -0.160. The third-order valence-corrected chi connectivity index (χ3v) is 5.13. The van der Waals surface area contributed by atoms with Crippen LogP contribution >= 0.6 is 11.6 Å². The first-order valence-electron chi connectivity index (χ1n) is 8.29. The molecule has 2 aliphatic heterocycles. The summed E-state index contributed by atoms with van der Waals surface area (Å²) in [6.45, 7) is 6.56. The van der Waals surface area contributed by atoms with E-state index in [0.717, 1.165) is 57.1 Å². The van der Waals surface area contributed by atoms with Gasteiger partial charge in [0.2, 0.25) is 0 Å². The summed E-state index contributed by atoms with van der Waals surface area (Å²) in [4.78, 5) is 9.17. The summed E-state index contributed by atoms with van der Waals surface area (Å²) in [6, 6.07) is 3.85. The van der Waals surface area contributed by atoms with Gasteiger partial charge in [-0.3, -0.25) is 0 Å². The van der Waals surface area contributed by atoms with Crippen LogP contribution in [0.3, 0.4) is 0 Å². The first-order valence-corrected chi connectivity index (χ1v) is 8.67. The predicted molar refractivity (Wildman–Crippen MR) is 90.7 cm³/mol. The molecule has 0 aliphatic carbocycles. The second-order valence-corrected chi connectivity index (χ2v) is 7.10. The van der Waals surface area contributed by atoms with Crippen molar-refractivity contribution in [2.75, 3.05) is 37.6 Å². The summed E-state index contributed by atoms with van der Waals surface area (Å²) in [7, 11) is 0. The van der Waals surface area contributed by atoms with E-state index in [2.05, 4.69) is 20.9 Å². The van der Waals surface area contributed by atoms with Crippen LogP contribution < -0.4 is 4.90 Å². The normalized spacial score (nSPS) is 25.6. The van der Waals surface area contributed by atoms with Gasteiger partial charge < -0.3 is 14.9 Å². The maximum Gasteiger partial charge on any atom is 0.147 e. The number of nitriles is 1. The van der Waals surface area contributed by atoms with Crippen LogP contribution in [-0.2, 0) is 0 Å². The monoisotopic (exact) mass is 334 g/mol. The van der Waals surface area contributed by atoms with E-state index in [9.17, 15) is 5.11 Å². The summed E-state index contributed by atoms with van der Waals surface area (Å²) in [5, 5.41) is 19.3. The van der Waals surface area contributed by atoms with Gasteiger partial charge in [-0.15, -0.1) is 0 Å². The Labute approximate surface area is 142 Å². The van der Waals surface area contributed by atoms with E-state index >= 15 is 0 Å². The lowest BCUT2D eigenvalue weighted by molar-refractivity contribution is 0.167. The van der Waals surface area contributed by atoms with E-state index in [0.29, 0.717) is 16.5 Å². The number of nitrogens with zero attached hydrogens (tertiary/aromatic N) is 4. The molecule has 2 aliphatic rings. The van der Waals surface area contributed by atoms with Gasteiger partial charge in [-0.25, -0.2) is 4.98 Å². The third kappa shape index (κ3) is 3.77. The number of β-amino-alcohol motifs (C(OH)–C–C–N with tert-alkyl or cyclic N) is 1. The molecule has 5 nitrogen and oxygen atoms in total. The van der Waals surface area contributed by atoms with Gasteiger partial charge in [-0.05, 0) is 38.2 Å². The van der Waals surface area contributed by atoms with E-state index in [1.807, 2.05) is 6.92 Å². The van der Waals surface area contributed by atoms with Crippen molar-refractivity contribution in [2.24, 2.45) is 5.92 Å².